The predicted octanol–water partition coefficient (Wildman–Crippen LogP) is 6.04. The van der Waals surface area contributed by atoms with Gasteiger partial charge in [-0.05, 0) is 54.8 Å². The van der Waals surface area contributed by atoms with Crippen molar-refractivity contribution in [3.8, 4) is 0 Å². The van der Waals surface area contributed by atoms with E-state index in [0.717, 1.165) is 23.3 Å². The average Bonchev–Trinajstić information content (AvgIpc) is 2.56. The molecule has 3 rings (SSSR count). The number of benzene rings is 3. The highest BCUT2D eigenvalue weighted by molar-refractivity contribution is 5.36. The van der Waals surface area contributed by atoms with Crippen LogP contribution in [-0.4, -0.2) is 0 Å². The molecule has 0 aromatic heterocycles. The van der Waals surface area contributed by atoms with Crippen LogP contribution in [0, 0.1) is 37.1 Å². The normalized spacial score (nSPS) is 11.0. The molecule has 0 fully saturated rings. The number of hydrogen-bond acceptors (Lipinski definition) is 0. The third-order valence-corrected chi connectivity index (χ3v) is 4.37. The first-order valence-corrected chi connectivity index (χ1v) is 8.30. The monoisotopic (exact) mass is 358 g/mol. The summed E-state index contributed by atoms with van der Waals surface area (Å²) in [6.07, 6.45) is -0.0952. The summed E-state index contributed by atoms with van der Waals surface area (Å²) in [4.78, 5) is 0. The molecule has 0 atom stereocenters. The van der Waals surface area contributed by atoms with E-state index in [1.165, 1.54) is 12.1 Å². The molecule has 0 nitrogen and oxygen atoms in total. The largest absolute Gasteiger partial charge is 0.207 e. The molecule has 0 saturated carbocycles. The van der Waals surface area contributed by atoms with Gasteiger partial charge in [-0.3, -0.25) is 0 Å². The van der Waals surface area contributed by atoms with E-state index >= 15 is 0 Å². The van der Waals surface area contributed by atoms with Gasteiger partial charge in [-0.1, -0.05) is 29.8 Å². The highest BCUT2D eigenvalue weighted by atomic mass is 19.1. The van der Waals surface area contributed by atoms with Crippen molar-refractivity contribution in [2.24, 2.45) is 0 Å². The molecule has 3 aromatic carbocycles. The standard InChI is InChI=1S/C22H18F4/c1-13-3-5-15(6-4-13)9-17-21(25)11-16(12-22(17)26)10-18-19(23)7-14(2)8-20(18)24/h3-8,11-12H,9-10H2,1-2H3. The zero-order valence-corrected chi connectivity index (χ0v) is 14.5. The van der Waals surface area contributed by atoms with Gasteiger partial charge in [0.1, 0.15) is 23.3 Å². The van der Waals surface area contributed by atoms with Gasteiger partial charge in [0.15, 0.2) is 0 Å². The quantitative estimate of drug-likeness (QED) is 0.499. The van der Waals surface area contributed by atoms with E-state index in [2.05, 4.69) is 0 Å². The second kappa shape index (κ2) is 7.32. The van der Waals surface area contributed by atoms with Crippen molar-refractivity contribution in [3.05, 3.63) is 105 Å². The number of hydrogen-bond donors (Lipinski definition) is 0. The molecule has 0 heterocycles. The fourth-order valence-corrected chi connectivity index (χ4v) is 2.94. The van der Waals surface area contributed by atoms with Gasteiger partial charge >= 0.3 is 0 Å². The SMILES string of the molecule is Cc1ccc(Cc2c(F)cc(Cc3c(F)cc(C)cc3F)cc2F)cc1. The molecule has 3 aromatic rings. The Hall–Kier alpha value is -2.62. The lowest BCUT2D eigenvalue weighted by Crippen LogP contribution is -2.03. The molecule has 134 valence electrons. The van der Waals surface area contributed by atoms with Crippen LogP contribution < -0.4 is 0 Å². The van der Waals surface area contributed by atoms with Crippen LogP contribution >= 0.6 is 0 Å². The van der Waals surface area contributed by atoms with Crippen LogP contribution in [0.5, 0.6) is 0 Å². The van der Waals surface area contributed by atoms with Crippen molar-refractivity contribution in [1.82, 2.24) is 0 Å². The van der Waals surface area contributed by atoms with Crippen molar-refractivity contribution in [1.29, 1.82) is 0 Å². The number of halogens is 4. The van der Waals surface area contributed by atoms with Crippen LogP contribution in [0.4, 0.5) is 17.6 Å². The Labute approximate surface area is 150 Å². The van der Waals surface area contributed by atoms with Gasteiger partial charge in [-0.2, -0.15) is 0 Å². The molecule has 0 amide bonds. The number of aryl methyl sites for hydroxylation is 2. The van der Waals surface area contributed by atoms with Gasteiger partial charge in [0.2, 0.25) is 0 Å². The van der Waals surface area contributed by atoms with Crippen LogP contribution in [-0.2, 0) is 12.8 Å². The van der Waals surface area contributed by atoms with E-state index in [9.17, 15) is 17.6 Å². The van der Waals surface area contributed by atoms with Gasteiger partial charge in [0.25, 0.3) is 0 Å². The lowest BCUT2D eigenvalue weighted by atomic mass is 9.97. The first-order valence-electron chi connectivity index (χ1n) is 8.30. The third-order valence-electron chi connectivity index (χ3n) is 4.37. The maximum Gasteiger partial charge on any atom is 0.129 e. The molecule has 0 N–H and O–H groups in total. The second-order valence-electron chi connectivity index (χ2n) is 6.58. The summed E-state index contributed by atoms with van der Waals surface area (Å²) in [7, 11) is 0. The average molecular weight is 358 g/mol. The third kappa shape index (κ3) is 3.96. The van der Waals surface area contributed by atoms with Crippen LogP contribution in [0.15, 0.2) is 48.5 Å². The summed E-state index contributed by atoms with van der Waals surface area (Å²) >= 11 is 0. The van der Waals surface area contributed by atoms with E-state index < -0.39 is 23.3 Å². The second-order valence-corrected chi connectivity index (χ2v) is 6.58. The zero-order chi connectivity index (χ0) is 18.8. The molecular weight excluding hydrogens is 340 g/mol. The Balaban J connectivity index is 1.89. The molecule has 0 bridgehead atoms. The van der Waals surface area contributed by atoms with Gasteiger partial charge in [0, 0.05) is 24.0 Å². The Morgan fingerprint density at radius 2 is 0.962 bits per heavy atom. The summed E-state index contributed by atoms with van der Waals surface area (Å²) in [5, 5.41) is 0. The highest BCUT2D eigenvalue weighted by Gasteiger charge is 2.15. The van der Waals surface area contributed by atoms with Gasteiger partial charge in [-0.15, -0.1) is 0 Å². The maximum atomic E-state index is 14.4. The molecule has 0 unspecified atom stereocenters. The smallest absolute Gasteiger partial charge is 0.129 e. The zero-order valence-electron chi connectivity index (χ0n) is 14.5. The Bertz CT molecular complexity index is 897. The van der Waals surface area contributed by atoms with E-state index in [0.29, 0.717) is 5.56 Å². The van der Waals surface area contributed by atoms with Gasteiger partial charge in [0.05, 0.1) is 0 Å². The first-order chi connectivity index (χ1) is 12.3. The molecule has 0 aliphatic rings. The first kappa shape index (κ1) is 18.2. The Morgan fingerprint density at radius 1 is 0.538 bits per heavy atom. The lowest BCUT2D eigenvalue weighted by molar-refractivity contribution is 0.549. The van der Waals surface area contributed by atoms with E-state index in [1.807, 2.05) is 31.2 Å². The van der Waals surface area contributed by atoms with Crippen molar-refractivity contribution in [2.75, 3.05) is 0 Å². The van der Waals surface area contributed by atoms with Crippen LogP contribution in [0.25, 0.3) is 0 Å². The van der Waals surface area contributed by atoms with Crippen molar-refractivity contribution >= 4 is 0 Å². The summed E-state index contributed by atoms with van der Waals surface area (Å²) in [5.41, 5.74) is 2.25. The molecule has 0 saturated heterocycles. The molecule has 26 heavy (non-hydrogen) atoms. The minimum atomic E-state index is -0.716. The summed E-state index contributed by atoms with van der Waals surface area (Å²) < 4.78 is 56.8. The summed E-state index contributed by atoms with van der Waals surface area (Å²) in [6.45, 7) is 3.51. The molecule has 0 spiro atoms. The summed E-state index contributed by atoms with van der Waals surface area (Å²) in [6, 6.07) is 12.1. The van der Waals surface area contributed by atoms with E-state index in [-0.39, 0.29) is 29.5 Å². The molecule has 4 heteroatoms. The van der Waals surface area contributed by atoms with Crippen LogP contribution in [0.1, 0.15) is 33.4 Å². The minimum absolute atomic E-state index is 0.0533. The fraction of sp³-hybridized carbons (Fsp3) is 0.182. The highest BCUT2D eigenvalue weighted by Crippen LogP contribution is 2.24. The van der Waals surface area contributed by atoms with Crippen molar-refractivity contribution in [3.63, 3.8) is 0 Å². The Morgan fingerprint density at radius 3 is 1.46 bits per heavy atom. The van der Waals surface area contributed by atoms with E-state index in [4.69, 9.17) is 0 Å². The molecular formula is C22H18F4. The predicted molar refractivity (Wildman–Crippen MR) is 94.2 cm³/mol. The summed E-state index contributed by atoms with van der Waals surface area (Å²) in [5.74, 6) is -2.86. The van der Waals surface area contributed by atoms with Crippen LogP contribution in [0.2, 0.25) is 0 Å². The molecule has 0 aliphatic carbocycles. The molecule has 0 aliphatic heterocycles. The fourth-order valence-electron chi connectivity index (χ4n) is 2.94. The van der Waals surface area contributed by atoms with E-state index in [1.54, 1.807) is 6.92 Å². The maximum absolute atomic E-state index is 14.4. The lowest BCUT2D eigenvalue weighted by Gasteiger charge is -2.10. The topological polar surface area (TPSA) is 0 Å². The van der Waals surface area contributed by atoms with Crippen LogP contribution in [0.3, 0.4) is 0 Å². The van der Waals surface area contributed by atoms with Crippen molar-refractivity contribution in [2.45, 2.75) is 26.7 Å². The van der Waals surface area contributed by atoms with Crippen molar-refractivity contribution < 1.29 is 17.6 Å². The Kier molecular flexibility index (Phi) is 5.12. The molecule has 0 radical (unpaired) electrons. The number of rotatable bonds is 4. The minimum Gasteiger partial charge on any atom is -0.207 e. The van der Waals surface area contributed by atoms with Gasteiger partial charge in [-0.25, -0.2) is 17.6 Å². The van der Waals surface area contributed by atoms with Gasteiger partial charge < -0.3 is 0 Å².